The third-order valence-corrected chi connectivity index (χ3v) is 6.43. The first-order valence-electron chi connectivity index (χ1n) is 12.6. The second-order valence-electron chi connectivity index (χ2n) is 10.5. The van der Waals surface area contributed by atoms with Gasteiger partial charge in [-0.05, 0) is 47.9 Å². The number of amides is 1. The van der Waals surface area contributed by atoms with E-state index in [1.165, 1.54) is 0 Å². The minimum absolute atomic E-state index is 0.0345. The second-order valence-corrected chi connectivity index (χ2v) is 10.5. The number of benzene rings is 1. The van der Waals surface area contributed by atoms with Crippen LogP contribution < -0.4 is 10.2 Å². The third-order valence-electron chi connectivity index (χ3n) is 6.43. The monoisotopic (exact) mass is 496 g/mol. The molecular formula is C29H32N6O2. The van der Waals surface area contributed by atoms with Crippen molar-refractivity contribution in [1.29, 1.82) is 0 Å². The van der Waals surface area contributed by atoms with Gasteiger partial charge in [-0.15, -0.1) is 0 Å². The van der Waals surface area contributed by atoms with E-state index in [0.29, 0.717) is 36.4 Å². The van der Waals surface area contributed by atoms with Crippen LogP contribution in [0.4, 0.5) is 17.2 Å². The van der Waals surface area contributed by atoms with Crippen molar-refractivity contribution in [1.82, 2.24) is 19.9 Å². The van der Waals surface area contributed by atoms with Crippen LogP contribution >= 0.6 is 0 Å². The molecule has 190 valence electrons. The van der Waals surface area contributed by atoms with E-state index in [-0.39, 0.29) is 17.9 Å². The summed E-state index contributed by atoms with van der Waals surface area (Å²) in [4.78, 5) is 32.9. The maximum absolute atomic E-state index is 12.3. The molecule has 0 radical (unpaired) electrons. The molecule has 0 fully saturated rings. The fourth-order valence-corrected chi connectivity index (χ4v) is 4.65. The zero-order valence-corrected chi connectivity index (χ0v) is 21.9. The molecular weight excluding hydrogens is 464 g/mol. The molecule has 0 saturated carbocycles. The van der Waals surface area contributed by atoms with Crippen molar-refractivity contribution < 1.29 is 9.53 Å². The number of aromatic nitrogens is 4. The third kappa shape index (κ3) is 5.15. The molecule has 1 aliphatic rings. The quantitative estimate of drug-likeness (QED) is 0.353. The van der Waals surface area contributed by atoms with E-state index < -0.39 is 0 Å². The maximum atomic E-state index is 12.3. The zero-order chi connectivity index (χ0) is 26.2. The van der Waals surface area contributed by atoms with E-state index in [4.69, 9.17) is 19.7 Å². The van der Waals surface area contributed by atoms with Gasteiger partial charge in [0.25, 0.3) is 0 Å². The second kappa shape index (κ2) is 9.86. The Kier molecular flexibility index (Phi) is 6.60. The minimum atomic E-state index is -0.103. The van der Waals surface area contributed by atoms with Gasteiger partial charge >= 0.3 is 0 Å². The number of hydrogen-bond acceptors (Lipinski definition) is 7. The molecule has 0 aliphatic carbocycles. The summed E-state index contributed by atoms with van der Waals surface area (Å²) in [6, 6.07) is 15.8. The van der Waals surface area contributed by atoms with Gasteiger partial charge in [0.05, 0.1) is 16.8 Å². The predicted molar refractivity (Wildman–Crippen MR) is 146 cm³/mol. The van der Waals surface area contributed by atoms with E-state index in [0.717, 1.165) is 33.7 Å². The van der Waals surface area contributed by atoms with Crippen molar-refractivity contribution in [3.63, 3.8) is 0 Å². The van der Waals surface area contributed by atoms with Crippen molar-refractivity contribution >= 4 is 34.1 Å². The number of ether oxygens (including phenoxy) is 1. The normalized spacial score (nSPS) is 14.3. The highest BCUT2D eigenvalue weighted by Crippen LogP contribution is 2.42. The summed E-state index contributed by atoms with van der Waals surface area (Å²) < 4.78 is 5.84. The predicted octanol–water partition coefficient (Wildman–Crippen LogP) is 5.65. The number of nitrogens with one attached hydrogen (secondary N) is 1. The average molecular weight is 497 g/mol. The molecule has 8 heteroatoms. The van der Waals surface area contributed by atoms with Gasteiger partial charge in [0.2, 0.25) is 5.91 Å². The topological polar surface area (TPSA) is 93.1 Å². The Balaban J connectivity index is 1.55. The summed E-state index contributed by atoms with van der Waals surface area (Å²) in [5, 5.41) is 4.25. The van der Waals surface area contributed by atoms with Gasteiger partial charge < -0.3 is 15.0 Å². The summed E-state index contributed by atoms with van der Waals surface area (Å²) >= 11 is 0. The molecule has 1 N–H and O–H groups in total. The zero-order valence-electron chi connectivity index (χ0n) is 21.9. The summed E-state index contributed by atoms with van der Waals surface area (Å²) in [6.45, 7) is 11.7. The Morgan fingerprint density at radius 3 is 2.65 bits per heavy atom. The molecule has 37 heavy (non-hydrogen) atoms. The van der Waals surface area contributed by atoms with Crippen LogP contribution in [0, 0.1) is 5.92 Å². The van der Waals surface area contributed by atoms with Crippen LogP contribution in [0.5, 0.6) is 0 Å². The van der Waals surface area contributed by atoms with Crippen LogP contribution in [-0.2, 0) is 21.6 Å². The average Bonchev–Trinajstić information content (AvgIpc) is 3.14. The Morgan fingerprint density at radius 1 is 1.08 bits per heavy atom. The number of pyridine rings is 2. The van der Waals surface area contributed by atoms with Crippen molar-refractivity contribution in [2.45, 2.75) is 46.6 Å². The summed E-state index contributed by atoms with van der Waals surface area (Å²) in [7, 11) is 0. The summed E-state index contributed by atoms with van der Waals surface area (Å²) in [6.07, 6.45) is 1.75. The van der Waals surface area contributed by atoms with E-state index in [1.54, 1.807) is 13.1 Å². The summed E-state index contributed by atoms with van der Waals surface area (Å²) in [5.74, 6) is 1.63. The number of rotatable bonds is 7. The lowest BCUT2D eigenvalue weighted by Crippen LogP contribution is -2.31. The lowest BCUT2D eigenvalue weighted by molar-refractivity contribution is -0.116. The van der Waals surface area contributed by atoms with Crippen molar-refractivity contribution in [2.24, 2.45) is 5.92 Å². The fourth-order valence-electron chi connectivity index (χ4n) is 4.65. The van der Waals surface area contributed by atoms with Crippen LogP contribution in [0.1, 0.15) is 46.0 Å². The molecule has 4 heterocycles. The SMILES string of the molecule is CC(=O)N1CC(C)(C)c2ccc(Nc3nc(COCC(C)C)nc4nc(-c5ccccn5)ccc34)cc21. The van der Waals surface area contributed by atoms with Crippen LogP contribution in [-0.4, -0.2) is 39.0 Å². The Hall–Kier alpha value is -3.91. The van der Waals surface area contributed by atoms with Gasteiger partial charge in [-0.1, -0.05) is 39.8 Å². The number of nitrogens with zero attached hydrogens (tertiary/aromatic N) is 5. The lowest BCUT2D eigenvalue weighted by atomic mass is 9.87. The molecule has 3 aromatic heterocycles. The molecule has 0 bridgehead atoms. The largest absolute Gasteiger partial charge is 0.373 e. The highest BCUT2D eigenvalue weighted by atomic mass is 16.5. The molecule has 1 aromatic carbocycles. The van der Waals surface area contributed by atoms with E-state index in [2.05, 4.69) is 44.1 Å². The number of hydrogen-bond donors (Lipinski definition) is 1. The number of carbonyl (C=O) groups is 1. The van der Waals surface area contributed by atoms with Gasteiger partial charge in [0.15, 0.2) is 11.5 Å². The molecule has 0 atom stereocenters. The smallest absolute Gasteiger partial charge is 0.223 e. The maximum Gasteiger partial charge on any atom is 0.223 e. The molecule has 5 rings (SSSR count). The van der Waals surface area contributed by atoms with Crippen LogP contribution in [0.15, 0.2) is 54.7 Å². The van der Waals surface area contributed by atoms with Gasteiger partial charge in [0.1, 0.15) is 12.4 Å². The van der Waals surface area contributed by atoms with Crippen molar-refractivity contribution in [2.75, 3.05) is 23.4 Å². The van der Waals surface area contributed by atoms with Gasteiger partial charge in [-0.3, -0.25) is 9.78 Å². The van der Waals surface area contributed by atoms with Crippen LogP contribution in [0.25, 0.3) is 22.4 Å². The number of fused-ring (bicyclic) bond motifs is 2. The standard InChI is InChI=1S/C29H32N6O2/c1-18(2)15-37-16-26-33-27(21-10-12-24(32-28(21)34-26)23-8-6-7-13-30-23)31-20-9-11-22-25(14-20)35(19(3)36)17-29(22,4)5/h6-14,18H,15-17H2,1-5H3,(H,31,32,33,34). The Bertz CT molecular complexity index is 1450. The van der Waals surface area contributed by atoms with E-state index >= 15 is 0 Å². The molecule has 0 saturated heterocycles. The van der Waals surface area contributed by atoms with Gasteiger partial charge in [0, 0.05) is 43.1 Å². The Morgan fingerprint density at radius 2 is 1.92 bits per heavy atom. The Labute approximate surface area is 217 Å². The van der Waals surface area contributed by atoms with Gasteiger partial charge in [-0.2, -0.15) is 0 Å². The first-order valence-corrected chi connectivity index (χ1v) is 12.6. The molecule has 1 aliphatic heterocycles. The first kappa shape index (κ1) is 24.8. The lowest BCUT2D eigenvalue weighted by Gasteiger charge is -2.19. The fraction of sp³-hybridized carbons (Fsp3) is 0.345. The minimum Gasteiger partial charge on any atom is -0.373 e. The highest BCUT2D eigenvalue weighted by Gasteiger charge is 2.36. The molecule has 8 nitrogen and oxygen atoms in total. The molecule has 0 unspecified atom stereocenters. The van der Waals surface area contributed by atoms with Crippen molar-refractivity contribution in [3.05, 3.63) is 66.1 Å². The van der Waals surface area contributed by atoms with Gasteiger partial charge in [-0.25, -0.2) is 15.0 Å². The van der Waals surface area contributed by atoms with Crippen LogP contribution in [0.3, 0.4) is 0 Å². The van der Waals surface area contributed by atoms with E-state index in [9.17, 15) is 4.79 Å². The molecule has 1 amide bonds. The molecule has 0 spiro atoms. The number of carbonyl (C=O) groups excluding carboxylic acids is 1. The highest BCUT2D eigenvalue weighted by molar-refractivity contribution is 5.96. The number of anilines is 3. The van der Waals surface area contributed by atoms with Crippen molar-refractivity contribution in [3.8, 4) is 11.4 Å². The molecule has 4 aromatic rings. The van der Waals surface area contributed by atoms with E-state index in [1.807, 2.05) is 47.4 Å². The first-order chi connectivity index (χ1) is 17.7. The summed E-state index contributed by atoms with van der Waals surface area (Å²) in [5.41, 5.74) is 4.90. The van der Waals surface area contributed by atoms with Crippen LogP contribution in [0.2, 0.25) is 0 Å².